The summed E-state index contributed by atoms with van der Waals surface area (Å²) in [7, 11) is 1.24. The quantitative estimate of drug-likeness (QED) is 0.627. The summed E-state index contributed by atoms with van der Waals surface area (Å²) in [6.07, 6.45) is 0.536. The van der Waals surface area contributed by atoms with E-state index >= 15 is 0 Å². The molecule has 0 spiro atoms. The van der Waals surface area contributed by atoms with E-state index in [0.29, 0.717) is 0 Å². The SMILES string of the molecule is CCc1c(F)c(Br)c(C=O)c(F)c1OC. The Labute approximate surface area is 94.4 Å². The number of carbonyl (C=O) groups is 1. The molecule has 0 unspecified atom stereocenters. The van der Waals surface area contributed by atoms with E-state index in [4.69, 9.17) is 4.74 Å². The van der Waals surface area contributed by atoms with Crippen molar-refractivity contribution in [3.05, 3.63) is 27.2 Å². The monoisotopic (exact) mass is 278 g/mol. The summed E-state index contributed by atoms with van der Waals surface area (Å²) in [5.41, 5.74) is -0.242. The Morgan fingerprint density at radius 2 is 2.00 bits per heavy atom. The first-order valence-electron chi connectivity index (χ1n) is 4.26. The molecule has 0 radical (unpaired) electrons. The molecule has 0 atom stereocenters. The molecule has 0 aliphatic carbocycles. The lowest BCUT2D eigenvalue weighted by Crippen LogP contribution is -2.04. The topological polar surface area (TPSA) is 26.3 Å². The highest BCUT2D eigenvalue weighted by molar-refractivity contribution is 9.10. The van der Waals surface area contributed by atoms with Crippen molar-refractivity contribution in [3.8, 4) is 5.75 Å². The van der Waals surface area contributed by atoms with Crippen molar-refractivity contribution in [3.63, 3.8) is 0 Å². The number of benzene rings is 1. The minimum Gasteiger partial charge on any atom is -0.493 e. The van der Waals surface area contributed by atoms with Crippen LogP contribution in [-0.4, -0.2) is 13.4 Å². The summed E-state index contributed by atoms with van der Waals surface area (Å²) in [6.45, 7) is 1.67. The van der Waals surface area contributed by atoms with E-state index in [2.05, 4.69) is 15.9 Å². The van der Waals surface area contributed by atoms with Crippen LogP contribution in [-0.2, 0) is 6.42 Å². The van der Waals surface area contributed by atoms with Gasteiger partial charge in [-0.1, -0.05) is 6.92 Å². The Morgan fingerprint density at radius 1 is 1.40 bits per heavy atom. The van der Waals surface area contributed by atoms with Crippen LogP contribution in [0.15, 0.2) is 4.47 Å². The van der Waals surface area contributed by atoms with Gasteiger partial charge in [-0.2, -0.15) is 0 Å². The summed E-state index contributed by atoms with van der Waals surface area (Å²) >= 11 is 2.84. The second-order valence-corrected chi connectivity index (χ2v) is 3.63. The van der Waals surface area contributed by atoms with Crippen molar-refractivity contribution in [1.29, 1.82) is 0 Å². The molecule has 2 nitrogen and oxygen atoms in total. The molecule has 0 aromatic heterocycles. The average Bonchev–Trinajstić information content (AvgIpc) is 2.23. The Hall–Kier alpha value is -0.970. The first kappa shape index (κ1) is 12.1. The predicted octanol–water partition coefficient (Wildman–Crippen LogP) is 3.11. The van der Waals surface area contributed by atoms with Crippen molar-refractivity contribution < 1.29 is 18.3 Å². The standard InChI is InChI=1S/C10H9BrF2O2/c1-3-5-8(12)7(11)6(4-14)9(13)10(5)15-2/h4H,3H2,1-2H3. The number of carbonyl (C=O) groups excluding carboxylic acids is 1. The van der Waals surface area contributed by atoms with Gasteiger partial charge in [0.2, 0.25) is 0 Å². The average molecular weight is 279 g/mol. The van der Waals surface area contributed by atoms with Crippen LogP contribution in [0.2, 0.25) is 0 Å². The van der Waals surface area contributed by atoms with Gasteiger partial charge in [-0.15, -0.1) is 0 Å². The van der Waals surface area contributed by atoms with E-state index in [1.165, 1.54) is 7.11 Å². The molecule has 0 aliphatic rings. The lowest BCUT2D eigenvalue weighted by molar-refractivity contribution is 0.111. The molecule has 0 saturated carbocycles. The molecule has 0 fully saturated rings. The minimum absolute atomic E-state index is 0.118. The molecular weight excluding hydrogens is 270 g/mol. The molecule has 0 heterocycles. The van der Waals surface area contributed by atoms with Crippen LogP contribution in [0.1, 0.15) is 22.8 Å². The third-order valence-electron chi connectivity index (χ3n) is 2.08. The van der Waals surface area contributed by atoms with E-state index in [0.717, 1.165) is 0 Å². The van der Waals surface area contributed by atoms with Crippen molar-refractivity contribution in [1.82, 2.24) is 0 Å². The van der Waals surface area contributed by atoms with Gasteiger partial charge in [0.15, 0.2) is 17.9 Å². The third kappa shape index (κ3) is 1.88. The molecular formula is C10H9BrF2O2. The van der Waals surface area contributed by atoms with Crippen LogP contribution in [0.4, 0.5) is 8.78 Å². The Morgan fingerprint density at radius 3 is 2.40 bits per heavy atom. The van der Waals surface area contributed by atoms with E-state index in [-0.39, 0.29) is 34.1 Å². The zero-order valence-electron chi connectivity index (χ0n) is 8.23. The number of rotatable bonds is 3. The molecule has 1 aromatic rings. The summed E-state index contributed by atoms with van der Waals surface area (Å²) in [6, 6.07) is 0. The van der Waals surface area contributed by atoms with Gasteiger partial charge < -0.3 is 4.74 Å². The van der Waals surface area contributed by atoms with E-state index in [1.807, 2.05) is 0 Å². The molecule has 1 rings (SSSR count). The zero-order chi connectivity index (χ0) is 11.6. The summed E-state index contributed by atoms with van der Waals surface area (Å²) in [5, 5.41) is 0. The van der Waals surface area contributed by atoms with Crippen molar-refractivity contribution in [2.24, 2.45) is 0 Å². The molecule has 1 aromatic carbocycles. The largest absolute Gasteiger partial charge is 0.493 e. The van der Waals surface area contributed by atoms with Gasteiger partial charge in [0.05, 0.1) is 17.1 Å². The smallest absolute Gasteiger partial charge is 0.177 e. The number of hydrogen-bond donors (Lipinski definition) is 0. The molecule has 5 heteroatoms. The number of halogens is 3. The number of aldehydes is 1. The van der Waals surface area contributed by atoms with Gasteiger partial charge in [-0.3, -0.25) is 4.79 Å². The van der Waals surface area contributed by atoms with Crippen molar-refractivity contribution in [2.45, 2.75) is 13.3 Å². The van der Waals surface area contributed by atoms with Crippen molar-refractivity contribution in [2.75, 3.05) is 7.11 Å². The zero-order valence-corrected chi connectivity index (χ0v) is 9.82. The van der Waals surface area contributed by atoms with Crippen molar-refractivity contribution >= 4 is 22.2 Å². The molecule has 0 saturated heterocycles. The molecule has 0 amide bonds. The number of methoxy groups -OCH3 is 1. The first-order valence-corrected chi connectivity index (χ1v) is 5.06. The van der Waals surface area contributed by atoms with Gasteiger partial charge in [-0.25, -0.2) is 8.78 Å². The lowest BCUT2D eigenvalue weighted by atomic mass is 10.1. The summed E-state index contributed by atoms with van der Waals surface area (Å²) < 4.78 is 31.8. The minimum atomic E-state index is -0.836. The van der Waals surface area contributed by atoms with Crippen LogP contribution < -0.4 is 4.74 Å². The highest BCUT2D eigenvalue weighted by Gasteiger charge is 2.22. The van der Waals surface area contributed by atoms with Gasteiger partial charge >= 0.3 is 0 Å². The fourth-order valence-electron chi connectivity index (χ4n) is 1.33. The molecule has 0 N–H and O–H groups in total. The van der Waals surface area contributed by atoms with E-state index < -0.39 is 11.6 Å². The third-order valence-corrected chi connectivity index (χ3v) is 2.85. The highest BCUT2D eigenvalue weighted by atomic mass is 79.9. The summed E-state index contributed by atoms with van der Waals surface area (Å²) in [5.74, 6) is -1.70. The second kappa shape index (κ2) is 4.70. The fourth-order valence-corrected chi connectivity index (χ4v) is 1.84. The van der Waals surface area contributed by atoms with Crippen LogP contribution in [0.3, 0.4) is 0 Å². The van der Waals surface area contributed by atoms with E-state index in [9.17, 15) is 13.6 Å². The fraction of sp³-hybridized carbons (Fsp3) is 0.300. The number of hydrogen-bond acceptors (Lipinski definition) is 2. The normalized spacial score (nSPS) is 10.2. The molecule has 15 heavy (non-hydrogen) atoms. The lowest BCUT2D eigenvalue weighted by Gasteiger charge is -2.12. The Bertz CT molecular complexity index is 405. The molecule has 0 bridgehead atoms. The molecule has 0 aliphatic heterocycles. The van der Waals surface area contributed by atoms with Crippen LogP contribution >= 0.6 is 15.9 Å². The number of ether oxygens (including phenoxy) is 1. The van der Waals surface area contributed by atoms with Gasteiger partial charge in [0.25, 0.3) is 0 Å². The van der Waals surface area contributed by atoms with Crippen LogP contribution in [0.5, 0.6) is 5.75 Å². The maximum atomic E-state index is 13.6. The maximum absolute atomic E-state index is 13.6. The van der Waals surface area contributed by atoms with Gasteiger partial charge in [-0.05, 0) is 22.4 Å². The first-order chi connectivity index (χ1) is 7.08. The Balaban J connectivity index is 3.64. The van der Waals surface area contributed by atoms with Crippen LogP contribution in [0.25, 0.3) is 0 Å². The van der Waals surface area contributed by atoms with Gasteiger partial charge in [0.1, 0.15) is 5.82 Å². The Kier molecular flexibility index (Phi) is 3.79. The second-order valence-electron chi connectivity index (χ2n) is 2.84. The van der Waals surface area contributed by atoms with Crippen LogP contribution in [0, 0.1) is 11.6 Å². The maximum Gasteiger partial charge on any atom is 0.177 e. The highest BCUT2D eigenvalue weighted by Crippen LogP contribution is 2.34. The summed E-state index contributed by atoms with van der Waals surface area (Å²) in [4.78, 5) is 10.6. The van der Waals surface area contributed by atoms with Gasteiger partial charge in [0, 0.05) is 5.56 Å². The predicted molar refractivity (Wildman–Crippen MR) is 55.4 cm³/mol. The van der Waals surface area contributed by atoms with E-state index in [1.54, 1.807) is 6.92 Å². The molecule has 82 valence electrons.